The summed E-state index contributed by atoms with van der Waals surface area (Å²) in [7, 11) is 0. The van der Waals surface area contributed by atoms with Gasteiger partial charge in [0.05, 0.1) is 12.2 Å². The van der Waals surface area contributed by atoms with Crippen LogP contribution in [0, 0.1) is 6.92 Å². The normalized spacial score (nSPS) is 13.9. The highest BCUT2D eigenvalue weighted by atomic mass is 16.2. The number of carbonyl (C=O) groups excluding carboxylic acids is 1. The number of amides is 1. The minimum atomic E-state index is -0.150. The lowest BCUT2D eigenvalue weighted by Crippen LogP contribution is -2.29. The Morgan fingerprint density at radius 3 is 2.64 bits per heavy atom. The lowest BCUT2D eigenvalue weighted by Gasteiger charge is -2.17. The second kappa shape index (κ2) is 7.30. The van der Waals surface area contributed by atoms with Crippen LogP contribution in [0.5, 0.6) is 0 Å². The molecule has 0 radical (unpaired) electrons. The van der Waals surface area contributed by atoms with E-state index in [1.165, 1.54) is 4.68 Å². The molecular formula is C20H21N7O. The van der Waals surface area contributed by atoms with Gasteiger partial charge in [0.15, 0.2) is 5.82 Å². The average molecular weight is 375 g/mol. The smallest absolute Gasteiger partial charge is 0.273 e. The number of hydrogen-bond acceptors (Lipinski definition) is 6. The van der Waals surface area contributed by atoms with Crippen molar-refractivity contribution >= 4 is 17.7 Å². The van der Waals surface area contributed by atoms with Gasteiger partial charge in [-0.05, 0) is 29.0 Å². The highest BCUT2D eigenvalue weighted by Gasteiger charge is 2.29. The lowest BCUT2D eigenvalue weighted by molar-refractivity contribution is -0.126. The van der Waals surface area contributed by atoms with Crippen molar-refractivity contribution < 1.29 is 4.79 Å². The van der Waals surface area contributed by atoms with Crippen molar-refractivity contribution in [3.05, 3.63) is 65.0 Å². The molecule has 0 N–H and O–H groups in total. The molecule has 1 aromatic carbocycles. The summed E-state index contributed by atoms with van der Waals surface area (Å²) in [6, 6.07) is 9.66. The van der Waals surface area contributed by atoms with E-state index in [4.69, 9.17) is 0 Å². The van der Waals surface area contributed by atoms with Gasteiger partial charge in [-0.3, -0.25) is 4.79 Å². The number of hydrogen-bond donors (Lipinski definition) is 0. The number of aromatic nitrogens is 6. The Balaban J connectivity index is 1.67. The first kappa shape index (κ1) is 18.0. The minimum Gasteiger partial charge on any atom is -0.327 e. The van der Waals surface area contributed by atoms with E-state index in [0.717, 1.165) is 22.6 Å². The summed E-state index contributed by atoms with van der Waals surface area (Å²) in [6.07, 6.45) is 3.63. The molecular weight excluding hydrogens is 354 g/mol. The summed E-state index contributed by atoms with van der Waals surface area (Å²) >= 11 is 0. The van der Waals surface area contributed by atoms with Gasteiger partial charge in [0.25, 0.3) is 5.91 Å². The van der Waals surface area contributed by atoms with Gasteiger partial charge >= 0.3 is 0 Å². The molecule has 1 aliphatic rings. The molecule has 3 aromatic rings. The summed E-state index contributed by atoms with van der Waals surface area (Å²) < 4.78 is 1.48. The van der Waals surface area contributed by atoms with E-state index < -0.39 is 0 Å². The third kappa shape index (κ3) is 3.40. The summed E-state index contributed by atoms with van der Waals surface area (Å²) in [4.78, 5) is 24.2. The standard InChI is InChI=1S/C20H21N7O/c1-13(2)19-21-10-16-11-26(12-17(16)22-19)20(28)18(27-14(3)23-24-25-27)9-15-7-5-4-6-8-15/h4-10,13H,11-12H2,1-3H3/b18-9+. The number of aryl methyl sites for hydroxylation is 1. The fourth-order valence-corrected chi connectivity index (χ4v) is 3.13. The fraction of sp³-hybridized carbons (Fsp3) is 0.300. The van der Waals surface area contributed by atoms with E-state index >= 15 is 0 Å². The number of fused-ring (bicyclic) bond motifs is 1. The number of benzene rings is 1. The molecule has 1 aliphatic heterocycles. The second-order valence-electron chi connectivity index (χ2n) is 7.09. The van der Waals surface area contributed by atoms with Gasteiger partial charge in [-0.2, -0.15) is 4.68 Å². The van der Waals surface area contributed by atoms with E-state index in [-0.39, 0.29) is 11.8 Å². The van der Waals surface area contributed by atoms with Gasteiger partial charge in [-0.15, -0.1) is 5.10 Å². The van der Waals surface area contributed by atoms with Crippen molar-refractivity contribution in [2.45, 2.75) is 39.8 Å². The summed E-state index contributed by atoms with van der Waals surface area (Å²) in [5.41, 5.74) is 3.18. The molecule has 0 spiro atoms. The molecule has 0 atom stereocenters. The van der Waals surface area contributed by atoms with E-state index in [1.54, 1.807) is 17.9 Å². The van der Waals surface area contributed by atoms with Crippen molar-refractivity contribution in [2.75, 3.05) is 0 Å². The Bertz CT molecular complexity index is 1040. The lowest BCUT2D eigenvalue weighted by atomic mass is 10.2. The predicted octanol–water partition coefficient (Wildman–Crippen LogP) is 2.44. The molecule has 1 amide bonds. The SMILES string of the molecule is Cc1nnnn1/C(=C/c1ccccc1)C(=O)N1Cc2cnc(C(C)C)nc2C1. The van der Waals surface area contributed by atoms with Gasteiger partial charge in [0, 0.05) is 24.2 Å². The molecule has 8 nitrogen and oxygen atoms in total. The Kier molecular flexibility index (Phi) is 4.68. The maximum atomic E-state index is 13.4. The third-order valence-electron chi connectivity index (χ3n) is 4.65. The molecule has 0 bridgehead atoms. The number of tetrazole rings is 1. The zero-order chi connectivity index (χ0) is 19.7. The molecule has 28 heavy (non-hydrogen) atoms. The Hall–Kier alpha value is -3.42. The predicted molar refractivity (Wildman–Crippen MR) is 104 cm³/mol. The molecule has 0 aliphatic carbocycles. The first-order valence-corrected chi connectivity index (χ1v) is 9.19. The van der Waals surface area contributed by atoms with Crippen LogP contribution < -0.4 is 0 Å². The Labute approximate surface area is 162 Å². The molecule has 142 valence electrons. The average Bonchev–Trinajstić information content (AvgIpc) is 3.31. The van der Waals surface area contributed by atoms with E-state index in [2.05, 4.69) is 39.3 Å². The quantitative estimate of drug-likeness (QED) is 0.651. The van der Waals surface area contributed by atoms with Crippen LogP contribution in [0.2, 0.25) is 0 Å². The van der Waals surface area contributed by atoms with Crippen molar-refractivity contribution in [1.29, 1.82) is 0 Å². The molecule has 3 heterocycles. The van der Waals surface area contributed by atoms with Gasteiger partial charge in [-0.25, -0.2) is 9.97 Å². The largest absolute Gasteiger partial charge is 0.327 e. The zero-order valence-electron chi connectivity index (χ0n) is 16.1. The maximum Gasteiger partial charge on any atom is 0.273 e. The van der Waals surface area contributed by atoms with Crippen molar-refractivity contribution in [2.24, 2.45) is 0 Å². The van der Waals surface area contributed by atoms with Crippen molar-refractivity contribution in [1.82, 2.24) is 35.1 Å². The third-order valence-corrected chi connectivity index (χ3v) is 4.65. The van der Waals surface area contributed by atoms with Crippen molar-refractivity contribution in [3.63, 3.8) is 0 Å². The number of rotatable bonds is 4. The molecule has 4 rings (SSSR count). The van der Waals surface area contributed by atoms with E-state index in [9.17, 15) is 4.79 Å². The first-order valence-electron chi connectivity index (χ1n) is 9.19. The van der Waals surface area contributed by atoms with Crippen LogP contribution in [0.1, 0.15) is 48.2 Å². The zero-order valence-corrected chi connectivity index (χ0v) is 16.1. The summed E-state index contributed by atoms with van der Waals surface area (Å²) in [5, 5.41) is 11.6. The van der Waals surface area contributed by atoms with Crippen LogP contribution in [-0.4, -0.2) is 41.0 Å². The van der Waals surface area contributed by atoms with Crippen LogP contribution in [0.3, 0.4) is 0 Å². The molecule has 0 saturated carbocycles. The molecule has 0 saturated heterocycles. The van der Waals surface area contributed by atoms with Crippen LogP contribution in [-0.2, 0) is 17.9 Å². The van der Waals surface area contributed by atoms with Gasteiger partial charge in [0.2, 0.25) is 0 Å². The van der Waals surface area contributed by atoms with Crippen molar-refractivity contribution in [3.8, 4) is 0 Å². The molecule has 0 unspecified atom stereocenters. The first-order chi connectivity index (χ1) is 13.5. The second-order valence-corrected chi connectivity index (χ2v) is 7.09. The van der Waals surface area contributed by atoms with Gasteiger partial charge < -0.3 is 4.90 Å². The molecule has 8 heteroatoms. The topological polar surface area (TPSA) is 89.7 Å². The number of carbonyl (C=O) groups is 1. The molecule has 2 aromatic heterocycles. The molecule has 0 fully saturated rings. The summed E-state index contributed by atoms with van der Waals surface area (Å²) in [6.45, 7) is 6.80. The highest BCUT2D eigenvalue weighted by molar-refractivity contribution is 6.18. The van der Waals surface area contributed by atoms with Crippen LogP contribution in [0.25, 0.3) is 11.8 Å². The van der Waals surface area contributed by atoms with Crippen LogP contribution in [0.15, 0.2) is 36.5 Å². The van der Waals surface area contributed by atoms with Gasteiger partial charge in [0.1, 0.15) is 11.5 Å². The Morgan fingerprint density at radius 1 is 1.18 bits per heavy atom. The van der Waals surface area contributed by atoms with E-state index in [0.29, 0.717) is 24.6 Å². The van der Waals surface area contributed by atoms with Crippen LogP contribution >= 0.6 is 0 Å². The Morgan fingerprint density at radius 2 is 1.96 bits per heavy atom. The minimum absolute atomic E-state index is 0.150. The maximum absolute atomic E-state index is 13.4. The van der Waals surface area contributed by atoms with Gasteiger partial charge in [-0.1, -0.05) is 44.2 Å². The van der Waals surface area contributed by atoms with Crippen LogP contribution in [0.4, 0.5) is 0 Å². The number of nitrogens with zero attached hydrogens (tertiary/aromatic N) is 7. The monoisotopic (exact) mass is 375 g/mol. The van der Waals surface area contributed by atoms with E-state index in [1.807, 2.05) is 36.5 Å². The highest BCUT2D eigenvalue weighted by Crippen LogP contribution is 2.25. The fourth-order valence-electron chi connectivity index (χ4n) is 3.13. The summed E-state index contributed by atoms with van der Waals surface area (Å²) in [5.74, 6) is 1.44.